The molecule has 0 atom stereocenters. The lowest BCUT2D eigenvalue weighted by Gasteiger charge is -1.99. The maximum absolute atomic E-state index is 10.9. The first-order chi connectivity index (χ1) is 6.19. The quantitative estimate of drug-likeness (QED) is 0.295. The van der Waals surface area contributed by atoms with Crippen LogP contribution in [0.5, 0.6) is 0 Å². The molecule has 5 nitrogen and oxygen atoms in total. The van der Waals surface area contributed by atoms with Crippen LogP contribution in [0.4, 0.5) is 0 Å². The highest BCUT2D eigenvalue weighted by molar-refractivity contribution is 6.35. The van der Waals surface area contributed by atoms with Gasteiger partial charge in [0.05, 0.1) is 0 Å². The number of pyridine rings is 1. The van der Waals surface area contributed by atoms with Crippen molar-refractivity contribution in [1.82, 2.24) is 4.57 Å². The molecule has 13 heavy (non-hydrogen) atoms. The second kappa shape index (κ2) is 3.66. The van der Waals surface area contributed by atoms with Crippen LogP contribution in [0.15, 0.2) is 28.3 Å². The summed E-state index contributed by atoms with van der Waals surface area (Å²) in [5, 5.41) is 11.2. The minimum Gasteiger partial charge on any atom is -0.410 e. The third-order valence-electron chi connectivity index (χ3n) is 1.60. The predicted octanol–water partition coefficient (Wildman–Crippen LogP) is -0.237. The number of carbonyl (C=O) groups excluding carboxylic acids is 1. The average molecular weight is 180 g/mol. The van der Waals surface area contributed by atoms with Crippen molar-refractivity contribution in [2.45, 2.75) is 0 Å². The number of hydrogen-bond acceptors (Lipinski definition) is 4. The summed E-state index contributed by atoms with van der Waals surface area (Å²) in [5.74, 6) is 0. The van der Waals surface area contributed by atoms with E-state index in [1.807, 2.05) is 0 Å². The lowest BCUT2D eigenvalue weighted by Crippen LogP contribution is -2.17. The molecule has 1 N–H and O–H groups in total. The maximum atomic E-state index is 10.9. The summed E-state index contributed by atoms with van der Waals surface area (Å²) < 4.78 is 1.30. The van der Waals surface area contributed by atoms with E-state index in [1.54, 1.807) is 7.05 Å². The summed E-state index contributed by atoms with van der Waals surface area (Å²) in [6, 6.07) is 2.72. The number of hydrogen-bond donors (Lipinski definition) is 1. The first-order valence-electron chi connectivity index (χ1n) is 3.53. The minimum absolute atomic E-state index is 0.101. The first kappa shape index (κ1) is 9.18. The smallest absolute Gasteiger partial charge is 0.250 e. The van der Waals surface area contributed by atoms with E-state index in [0.29, 0.717) is 11.8 Å². The van der Waals surface area contributed by atoms with Crippen LogP contribution in [0.2, 0.25) is 0 Å². The zero-order chi connectivity index (χ0) is 9.84. The molecule has 68 valence electrons. The van der Waals surface area contributed by atoms with Gasteiger partial charge in [-0.1, -0.05) is 5.16 Å². The zero-order valence-corrected chi connectivity index (χ0v) is 6.97. The first-order valence-corrected chi connectivity index (χ1v) is 3.53. The van der Waals surface area contributed by atoms with Crippen LogP contribution >= 0.6 is 0 Å². The van der Waals surface area contributed by atoms with E-state index < -0.39 is 0 Å². The second-order valence-electron chi connectivity index (χ2n) is 2.47. The number of aldehydes is 1. The molecule has 5 heteroatoms. The van der Waals surface area contributed by atoms with Crippen LogP contribution < -0.4 is 5.56 Å². The van der Waals surface area contributed by atoms with Crippen molar-refractivity contribution in [2.24, 2.45) is 12.2 Å². The number of aryl methyl sites for hydroxylation is 1. The van der Waals surface area contributed by atoms with Crippen molar-refractivity contribution in [1.29, 1.82) is 0 Å². The molecule has 0 aliphatic rings. The summed E-state index contributed by atoms with van der Waals surface area (Å²) in [7, 11) is 1.55. The molecule has 0 fully saturated rings. The molecule has 0 saturated heterocycles. The molecule has 0 amide bonds. The number of aromatic nitrogens is 1. The third-order valence-corrected chi connectivity index (χ3v) is 1.60. The summed E-state index contributed by atoms with van der Waals surface area (Å²) >= 11 is 0. The van der Waals surface area contributed by atoms with Crippen molar-refractivity contribution < 1.29 is 10.0 Å². The largest absolute Gasteiger partial charge is 0.410 e. The monoisotopic (exact) mass is 180 g/mol. The lowest BCUT2D eigenvalue weighted by molar-refractivity contribution is -0.102. The van der Waals surface area contributed by atoms with Gasteiger partial charge in [0.15, 0.2) is 12.0 Å². The molecule has 0 saturated carbocycles. The Morgan fingerprint density at radius 2 is 2.31 bits per heavy atom. The van der Waals surface area contributed by atoms with Crippen molar-refractivity contribution >= 4 is 12.0 Å². The Kier molecular flexibility index (Phi) is 2.59. The van der Waals surface area contributed by atoms with Crippen LogP contribution in [-0.2, 0) is 11.8 Å². The number of rotatable bonds is 2. The fourth-order valence-electron chi connectivity index (χ4n) is 0.895. The van der Waals surface area contributed by atoms with Crippen molar-refractivity contribution in [2.75, 3.05) is 0 Å². The second-order valence-corrected chi connectivity index (χ2v) is 2.47. The fourth-order valence-corrected chi connectivity index (χ4v) is 0.895. The molecule has 1 heterocycles. The Morgan fingerprint density at radius 1 is 1.62 bits per heavy atom. The molecular formula is C8H8N2O3. The number of oxime groups is 1. The SMILES string of the molecule is Cn1cc(C(C=O)=NO)ccc1=O. The summed E-state index contributed by atoms with van der Waals surface area (Å²) in [6.45, 7) is 0. The standard InChI is InChI=1S/C8H8N2O3/c1-10-4-6(2-3-8(10)12)7(5-11)9-13/h2-5,13H,1H3. The van der Waals surface area contributed by atoms with Crippen molar-refractivity contribution in [3.8, 4) is 0 Å². The molecule has 0 radical (unpaired) electrons. The molecule has 0 unspecified atom stereocenters. The van der Waals surface area contributed by atoms with E-state index in [-0.39, 0.29) is 11.3 Å². The van der Waals surface area contributed by atoms with Gasteiger partial charge < -0.3 is 9.77 Å². The highest BCUT2D eigenvalue weighted by Crippen LogP contribution is 1.95. The predicted molar refractivity (Wildman–Crippen MR) is 46.1 cm³/mol. The Bertz CT molecular complexity index is 406. The third kappa shape index (κ3) is 1.81. The van der Waals surface area contributed by atoms with Gasteiger partial charge in [-0.2, -0.15) is 0 Å². The summed E-state index contributed by atoms with van der Waals surface area (Å²) in [6.07, 6.45) is 1.84. The maximum Gasteiger partial charge on any atom is 0.250 e. The van der Waals surface area contributed by atoms with Crippen LogP contribution in [-0.4, -0.2) is 21.8 Å². The molecular weight excluding hydrogens is 172 g/mol. The minimum atomic E-state index is -0.188. The summed E-state index contributed by atoms with van der Waals surface area (Å²) in [5.41, 5.74) is 0.113. The van der Waals surface area contributed by atoms with Crippen molar-refractivity contribution in [3.63, 3.8) is 0 Å². The fraction of sp³-hybridized carbons (Fsp3) is 0.125. The molecule has 1 aromatic heterocycles. The van der Waals surface area contributed by atoms with Gasteiger partial charge in [0.1, 0.15) is 0 Å². The molecule has 0 aliphatic heterocycles. The average Bonchev–Trinajstić information content (AvgIpc) is 2.13. The molecule has 0 aliphatic carbocycles. The van der Waals surface area contributed by atoms with Crippen LogP contribution in [0.3, 0.4) is 0 Å². The van der Waals surface area contributed by atoms with Crippen molar-refractivity contribution in [3.05, 3.63) is 34.2 Å². The van der Waals surface area contributed by atoms with E-state index in [9.17, 15) is 9.59 Å². The van der Waals surface area contributed by atoms with Gasteiger partial charge in [0.2, 0.25) is 5.56 Å². The highest BCUT2D eigenvalue weighted by atomic mass is 16.4. The topological polar surface area (TPSA) is 71.7 Å². The van der Waals surface area contributed by atoms with E-state index in [4.69, 9.17) is 5.21 Å². The van der Waals surface area contributed by atoms with Gasteiger partial charge in [-0.3, -0.25) is 9.59 Å². The van der Waals surface area contributed by atoms with E-state index >= 15 is 0 Å². The van der Waals surface area contributed by atoms with E-state index in [1.165, 1.54) is 22.9 Å². The molecule has 0 aromatic carbocycles. The van der Waals surface area contributed by atoms with Gasteiger partial charge in [-0.15, -0.1) is 0 Å². The van der Waals surface area contributed by atoms with Crippen LogP contribution in [0, 0.1) is 0 Å². The van der Waals surface area contributed by atoms with Gasteiger partial charge in [-0.05, 0) is 6.07 Å². The van der Waals surface area contributed by atoms with Gasteiger partial charge >= 0.3 is 0 Å². The Labute approximate surface area is 73.9 Å². The number of carbonyl (C=O) groups is 1. The molecule has 0 spiro atoms. The molecule has 1 aromatic rings. The van der Waals surface area contributed by atoms with E-state index in [2.05, 4.69) is 5.16 Å². The Balaban J connectivity index is 3.25. The van der Waals surface area contributed by atoms with Gasteiger partial charge in [0.25, 0.3) is 0 Å². The highest BCUT2D eigenvalue weighted by Gasteiger charge is 2.02. The summed E-state index contributed by atoms with van der Waals surface area (Å²) in [4.78, 5) is 21.3. The van der Waals surface area contributed by atoms with Crippen LogP contribution in [0.25, 0.3) is 0 Å². The van der Waals surface area contributed by atoms with Crippen LogP contribution in [0.1, 0.15) is 5.56 Å². The Hall–Kier alpha value is -1.91. The van der Waals surface area contributed by atoms with Gasteiger partial charge in [0, 0.05) is 24.9 Å². The molecule has 1 rings (SSSR count). The zero-order valence-electron chi connectivity index (χ0n) is 6.97. The Morgan fingerprint density at radius 3 is 2.77 bits per heavy atom. The normalized spacial score (nSPS) is 11.3. The lowest BCUT2D eigenvalue weighted by atomic mass is 10.2. The van der Waals surface area contributed by atoms with Gasteiger partial charge in [-0.25, -0.2) is 0 Å². The number of nitrogens with zero attached hydrogens (tertiary/aromatic N) is 2. The molecule has 0 bridgehead atoms. The van der Waals surface area contributed by atoms with E-state index in [0.717, 1.165) is 0 Å².